The fourth-order valence-corrected chi connectivity index (χ4v) is 2.18. The molecule has 0 aliphatic rings. The summed E-state index contributed by atoms with van der Waals surface area (Å²) in [6.07, 6.45) is -4.34. The molecule has 2 aromatic carbocycles. The van der Waals surface area contributed by atoms with Gasteiger partial charge >= 0.3 is 6.18 Å². The standard InChI is InChI=1S/C17H13F3O2/c1-11-2-7-16-12(8-11)9-15(22-16)10-21-14-5-3-13(4-6-14)17(18,19)20/h2-9H,10H2,1H3. The molecule has 0 unspecified atom stereocenters. The summed E-state index contributed by atoms with van der Waals surface area (Å²) in [6, 6.07) is 12.3. The monoisotopic (exact) mass is 306 g/mol. The number of rotatable bonds is 3. The number of alkyl halides is 3. The molecular weight excluding hydrogens is 293 g/mol. The SMILES string of the molecule is Cc1ccc2oc(COc3ccc(C(F)(F)F)cc3)cc2c1. The van der Waals surface area contributed by atoms with Crippen LogP contribution in [0.1, 0.15) is 16.9 Å². The van der Waals surface area contributed by atoms with Crippen molar-refractivity contribution >= 4 is 11.0 Å². The van der Waals surface area contributed by atoms with Gasteiger partial charge in [-0.2, -0.15) is 13.2 Å². The Labute approximate surface area is 125 Å². The summed E-state index contributed by atoms with van der Waals surface area (Å²) in [5.41, 5.74) is 1.19. The van der Waals surface area contributed by atoms with Gasteiger partial charge in [0.05, 0.1) is 5.56 Å². The first-order chi connectivity index (χ1) is 10.4. The number of aryl methyl sites for hydroxylation is 1. The van der Waals surface area contributed by atoms with Gasteiger partial charge in [0.1, 0.15) is 23.7 Å². The predicted molar refractivity (Wildman–Crippen MR) is 76.7 cm³/mol. The molecule has 0 aliphatic heterocycles. The highest BCUT2D eigenvalue weighted by atomic mass is 19.4. The molecule has 3 aromatic rings. The molecule has 0 spiro atoms. The molecule has 2 nitrogen and oxygen atoms in total. The van der Waals surface area contributed by atoms with E-state index in [0.29, 0.717) is 11.5 Å². The fourth-order valence-electron chi connectivity index (χ4n) is 2.18. The van der Waals surface area contributed by atoms with Crippen molar-refractivity contribution < 1.29 is 22.3 Å². The molecule has 0 saturated carbocycles. The van der Waals surface area contributed by atoms with Crippen LogP contribution in [0.4, 0.5) is 13.2 Å². The summed E-state index contributed by atoms with van der Waals surface area (Å²) in [4.78, 5) is 0. The second-order valence-electron chi connectivity index (χ2n) is 5.06. The van der Waals surface area contributed by atoms with E-state index < -0.39 is 11.7 Å². The van der Waals surface area contributed by atoms with Gasteiger partial charge in [-0.3, -0.25) is 0 Å². The molecule has 0 amide bonds. The molecule has 114 valence electrons. The minimum Gasteiger partial charge on any atom is -0.486 e. The van der Waals surface area contributed by atoms with Crippen molar-refractivity contribution in [3.63, 3.8) is 0 Å². The van der Waals surface area contributed by atoms with E-state index in [-0.39, 0.29) is 6.61 Å². The topological polar surface area (TPSA) is 22.4 Å². The average Bonchev–Trinajstić information content (AvgIpc) is 2.86. The van der Waals surface area contributed by atoms with Gasteiger partial charge in [0.25, 0.3) is 0 Å². The number of benzene rings is 2. The number of fused-ring (bicyclic) bond motifs is 1. The Balaban J connectivity index is 1.71. The number of hydrogen-bond acceptors (Lipinski definition) is 2. The lowest BCUT2D eigenvalue weighted by molar-refractivity contribution is -0.137. The van der Waals surface area contributed by atoms with Crippen molar-refractivity contribution in [1.82, 2.24) is 0 Å². The Hall–Kier alpha value is -2.43. The Morgan fingerprint density at radius 2 is 1.73 bits per heavy atom. The Kier molecular flexibility index (Phi) is 3.56. The lowest BCUT2D eigenvalue weighted by Gasteiger charge is -2.08. The van der Waals surface area contributed by atoms with Crippen molar-refractivity contribution in [1.29, 1.82) is 0 Å². The summed E-state index contributed by atoms with van der Waals surface area (Å²) >= 11 is 0. The smallest absolute Gasteiger partial charge is 0.416 e. The van der Waals surface area contributed by atoms with E-state index in [1.54, 1.807) is 0 Å². The second kappa shape index (κ2) is 5.40. The lowest BCUT2D eigenvalue weighted by Crippen LogP contribution is -2.04. The van der Waals surface area contributed by atoms with Crippen LogP contribution in [-0.2, 0) is 12.8 Å². The molecule has 1 aromatic heterocycles. The molecule has 5 heteroatoms. The van der Waals surface area contributed by atoms with Crippen LogP contribution < -0.4 is 4.74 Å². The third-order valence-electron chi connectivity index (χ3n) is 3.29. The third-order valence-corrected chi connectivity index (χ3v) is 3.29. The molecule has 0 aliphatic carbocycles. The van der Waals surface area contributed by atoms with Gasteiger partial charge in [-0.25, -0.2) is 0 Å². The summed E-state index contributed by atoms with van der Waals surface area (Å²) in [5.74, 6) is 0.991. The molecular formula is C17H13F3O2. The van der Waals surface area contributed by atoms with Crippen molar-refractivity contribution in [2.75, 3.05) is 0 Å². The Bertz CT molecular complexity index is 786. The van der Waals surface area contributed by atoms with E-state index in [1.165, 1.54) is 12.1 Å². The van der Waals surface area contributed by atoms with Crippen molar-refractivity contribution in [3.8, 4) is 5.75 Å². The highest BCUT2D eigenvalue weighted by Gasteiger charge is 2.30. The first-order valence-electron chi connectivity index (χ1n) is 6.71. The normalized spacial score (nSPS) is 11.8. The van der Waals surface area contributed by atoms with E-state index in [4.69, 9.17) is 9.15 Å². The van der Waals surface area contributed by atoms with Gasteiger partial charge in [0, 0.05) is 5.39 Å². The number of ether oxygens (including phenoxy) is 1. The van der Waals surface area contributed by atoms with Crippen molar-refractivity contribution in [2.24, 2.45) is 0 Å². The quantitative estimate of drug-likeness (QED) is 0.652. The largest absolute Gasteiger partial charge is 0.486 e. The average molecular weight is 306 g/mol. The lowest BCUT2D eigenvalue weighted by atomic mass is 10.2. The van der Waals surface area contributed by atoms with E-state index in [9.17, 15) is 13.2 Å². The van der Waals surface area contributed by atoms with E-state index in [1.807, 2.05) is 31.2 Å². The molecule has 0 bridgehead atoms. The van der Waals surface area contributed by atoms with Crippen LogP contribution in [0, 0.1) is 6.92 Å². The van der Waals surface area contributed by atoms with E-state index >= 15 is 0 Å². The number of hydrogen-bond donors (Lipinski definition) is 0. The summed E-state index contributed by atoms with van der Waals surface area (Å²) in [7, 11) is 0. The molecule has 0 saturated heterocycles. The molecule has 22 heavy (non-hydrogen) atoms. The van der Waals surface area contributed by atoms with Crippen LogP contribution in [0.15, 0.2) is 52.9 Å². The summed E-state index contributed by atoms with van der Waals surface area (Å²) in [6.45, 7) is 2.16. The summed E-state index contributed by atoms with van der Waals surface area (Å²) < 4.78 is 48.5. The van der Waals surface area contributed by atoms with Crippen LogP contribution in [0.25, 0.3) is 11.0 Å². The zero-order valence-electron chi connectivity index (χ0n) is 11.8. The third kappa shape index (κ3) is 3.08. The predicted octanol–water partition coefficient (Wildman–Crippen LogP) is 5.34. The van der Waals surface area contributed by atoms with Crippen LogP contribution in [0.2, 0.25) is 0 Å². The molecule has 0 N–H and O–H groups in total. The molecule has 0 atom stereocenters. The second-order valence-corrected chi connectivity index (χ2v) is 5.06. The zero-order valence-corrected chi connectivity index (χ0v) is 11.8. The summed E-state index contributed by atoms with van der Waals surface area (Å²) in [5, 5.41) is 0.978. The molecule has 1 heterocycles. The van der Waals surface area contributed by atoms with Gasteiger partial charge in [-0.05, 0) is 49.4 Å². The van der Waals surface area contributed by atoms with Gasteiger partial charge in [0.15, 0.2) is 0 Å². The van der Waals surface area contributed by atoms with Crippen LogP contribution in [0.3, 0.4) is 0 Å². The first-order valence-corrected chi connectivity index (χ1v) is 6.71. The molecule has 0 fully saturated rings. The van der Waals surface area contributed by atoms with Crippen molar-refractivity contribution in [2.45, 2.75) is 19.7 Å². The first kappa shape index (κ1) is 14.5. The zero-order chi connectivity index (χ0) is 15.7. The van der Waals surface area contributed by atoms with Gasteiger partial charge in [-0.15, -0.1) is 0 Å². The van der Waals surface area contributed by atoms with Gasteiger partial charge in [0.2, 0.25) is 0 Å². The number of furan rings is 1. The maximum atomic E-state index is 12.5. The van der Waals surface area contributed by atoms with E-state index in [2.05, 4.69) is 0 Å². The maximum Gasteiger partial charge on any atom is 0.416 e. The van der Waals surface area contributed by atoms with Gasteiger partial charge in [-0.1, -0.05) is 11.6 Å². The highest BCUT2D eigenvalue weighted by Crippen LogP contribution is 2.30. The fraction of sp³-hybridized carbons (Fsp3) is 0.176. The van der Waals surface area contributed by atoms with E-state index in [0.717, 1.165) is 28.7 Å². The minimum absolute atomic E-state index is 0.166. The van der Waals surface area contributed by atoms with Crippen LogP contribution >= 0.6 is 0 Å². The highest BCUT2D eigenvalue weighted by molar-refractivity contribution is 5.78. The van der Waals surface area contributed by atoms with Crippen LogP contribution in [0.5, 0.6) is 5.75 Å². The van der Waals surface area contributed by atoms with Crippen LogP contribution in [-0.4, -0.2) is 0 Å². The molecule has 3 rings (SSSR count). The Morgan fingerprint density at radius 1 is 1.00 bits per heavy atom. The van der Waals surface area contributed by atoms with Gasteiger partial charge < -0.3 is 9.15 Å². The van der Waals surface area contributed by atoms with Crippen molar-refractivity contribution in [3.05, 3.63) is 65.4 Å². The number of halogens is 3. The molecule has 0 radical (unpaired) electrons. The Morgan fingerprint density at radius 3 is 2.41 bits per heavy atom. The minimum atomic E-state index is -4.34. The maximum absolute atomic E-state index is 12.5.